The first kappa shape index (κ1) is 16.0. The summed E-state index contributed by atoms with van der Waals surface area (Å²) >= 11 is 6.61. The van der Waals surface area contributed by atoms with Crippen LogP contribution in [0.1, 0.15) is 40.1 Å². The van der Waals surface area contributed by atoms with Crippen LogP contribution in [0.4, 0.5) is 5.69 Å². The molecule has 25 heavy (non-hydrogen) atoms. The molecule has 0 fully saturated rings. The number of anilines is 1. The molecule has 5 heteroatoms. The fourth-order valence-corrected chi connectivity index (χ4v) is 3.91. The highest BCUT2D eigenvalue weighted by Gasteiger charge is 2.25. The number of aryl methyl sites for hydroxylation is 1. The van der Waals surface area contributed by atoms with Crippen molar-refractivity contribution < 1.29 is 13.9 Å². The van der Waals surface area contributed by atoms with Gasteiger partial charge in [-0.2, -0.15) is 0 Å². The Morgan fingerprint density at radius 3 is 2.84 bits per heavy atom. The molecule has 2 aromatic carbocycles. The minimum Gasteiger partial charge on any atom is -0.497 e. The molecule has 1 aromatic heterocycles. The van der Waals surface area contributed by atoms with Crippen LogP contribution < -0.4 is 10.5 Å². The molecule has 0 spiro atoms. The fraction of sp³-hybridized carbons (Fsp3) is 0.250. The lowest BCUT2D eigenvalue weighted by Crippen LogP contribution is -2.04. The summed E-state index contributed by atoms with van der Waals surface area (Å²) in [4.78, 5) is 12.9. The van der Waals surface area contributed by atoms with E-state index in [0.717, 1.165) is 31.2 Å². The van der Waals surface area contributed by atoms with Gasteiger partial charge in [0.1, 0.15) is 11.3 Å². The van der Waals surface area contributed by atoms with Gasteiger partial charge < -0.3 is 14.9 Å². The number of ether oxygens (including phenoxy) is 1. The Bertz CT molecular complexity index is 990. The molecule has 0 saturated heterocycles. The number of hydrogen-bond donors (Lipinski definition) is 1. The maximum absolute atomic E-state index is 12.9. The largest absolute Gasteiger partial charge is 0.497 e. The molecule has 0 atom stereocenters. The first-order chi connectivity index (χ1) is 12.1. The zero-order valence-corrected chi connectivity index (χ0v) is 14.7. The minimum atomic E-state index is -0.276. The van der Waals surface area contributed by atoms with Crippen molar-refractivity contribution in [3.63, 3.8) is 0 Å². The maximum Gasteiger partial charge on any atom is 0.230 e. The van der Waals surface area contributed by atoms with Crippen LogP contribution in [0.5, 0.6) is 5.75 Å². The lowest BCUT2D eigenvalue weighted by molar-refractivity contribution is 0.101. The van der Waals surface area contributed by atoms with Gasteiger partial charge in [-0.05, 0) is 55.0 Å². The Kier molecular flexibility index (Phi) is 3.92. The zero-order chi connectivity index (χ0) is 17.6. The second-order valence-corrected chi connectivity index (χ2v) is 6.69. The molecule has 1 aliphatic carbocycles. The summed E-state index contributed by atoms with van der Waals surface area (Å²) in [6, 6.07) is 8.90. The van der Waals surface area contributed by atoms with E-state index in [4.69, 9.17) is 26.5 Å². The van der Waals surface area contributed by atoms with E-state index in [1.54, 1.807) is 31.4 Å². The van der Waals surface area contributed by atoms with Gasteiger partial charge in [-0.1, -0.05) is 23.7 Å². The van der Waals surface area contributed by atoms with Crippen molar-refractivity contribution in [1.82, 2.24) is 0 Å². The third-order valence-corrected chi connectivity index (χ3v) is 5.23. The monoisotopic (exact) mass is 355 g/mol. The quantitative estimate of drug-likeness (QED) is 0.686. The van der Waals surface area contributed by atoms with Crippen molar-refractivity contribution in [1.29, 1.82) is 0 Å². The van der Waals surface area contributed by atoms with Crippen LogP contribution in [-0.4, -0.2) is 12.9 Å². The van der Waals surface area contributed by atoms with E-state index < -0.39 is 0 Å². The van der Waals surface area contributed by atoms with Crippen LogP contribution >= 0.6 is 11.6 Å². The normalized spacial score (nSPS) is 13.7. The number of nitrogen functional groups attached to an aromatic ring is 1. The van der Waals surface area contributed by atoms with Crippen molar-refractivity contribution in [2.45, 2.75) is 25.7 Å². The Labute approximate surface area is 150 Å². The number of ketones is 1. The number of rotatable bonds is 3. The van der Waals surface area contributed by atoms with Crippen molar-refractivity contribution in [2.24, 2.45) is 0 Å². The van der Waals surface area contributed by atoms with Gasteiger partial charge in [0.2, 0.25) is 5.78 Å². The predicted octanol–water partition coefficient (Wildman–Crippen LogP) is 4.79. The van der Waals surface area contributed by atoms with E-state index in [9.17, 15) is 4.79 Å². The van der Waals surface area contributed by atoms with Crippen molar-refractivity contribution >= 4 is 34.0 Å². The Hall–Kier alpha value is -2.46. The van der Waals surface area contributed by atoms with Crippen LogP contribution in [0.15, 0.2) is 34.7 Å². The molecule has 0 saturated carbocycles. The molecule has 0 unspecified atom stereocenters. The first-order valence-corrected chi connectivity index (χ1v) is 8.69. The van der Waals surface area contributed by atoms with Crippen molar-refractivity contribution in [3.8, 4) is 5.75 Å². The summed E-state index contributed by atoms with van der Waals surface area (Å²) < 4.78 is 11.0. The highest BCUT2D eigenvalue weighted by atomic mass is 35.5. The molecule has 0 radical (unpaired) electrons. The van der Waals surface area contributed by atoms with Crippen molar-refractivity contribution in [3.05, 3.63) is 57.8 Å². The molecule has 128 valence electrons. The van der Waals surface area contributed by atoms with Crippen LogP contribution in [0, 0.1) is 0 Å². The molecule has 1 aliphatic rings. The zero-order valence-electron chi connectivity index (χ0n) is 13.9. The third-order valence-electron chi connectivity index (χ3n) is 4.81. The number of methoxy groups -OCH3 is 1. The second-order valence-electron chi connectivity index (χ2n) is 6.31. The molecule has 0 aliphatic heterocycles. The summed E-state index contributed by atoms with van der Waals surface area (Å²) in [7, 11) is 1.56. The predicted molar refractivity (Wildman–Crippen MR) is 98.7 cm³/mol. The van der Waals surface area contributed by atoms with E-state index in [-0.39, 0.29) is 11.5 Å². The van der Waals surface area contributed by atoms with E-state index in [2.05, 4.69) is 0 Å². The molecule has 4 nitrogen and oxygen atoms in total. The lowest BCUT2D eigenvalue weighted by Gasteiger charge is -2.17. The third kappa shape index (κ3) is 2.57. The second kappa shape index (κ2) is 6.12. The molecular weight excluding hydrogens is 338 g/mol. The smallest absolute Gasteiger partial charge is 0.230 e. The number of fused-ring (bicyclic) bond motifs is 2. The average molecular weight is 356 g/mol. The van der Waals surface area contributed by atoms with Crippen LogP contribution in [-0.2, 0) is 12.8 Å². The summed E-state index contributed by atoms with van der Waals surface area (Å²) in [5, 5.41) is 1.27. The summed E-state index contributed by atoms with van der Waals surface area (Å²) in [5.74, 6) is 0.461. The van der Waals surface area contributed by atoms with Gasteiger partial charge in [0, 0.05) is 5.56 Å². The average Bonchev–Trinajstić information content (AvgIpc) is 2.98. The van der Waals surface area contributed by atoms with Gasteiger partial charge in [-0.15, -0.1) is 0 Å². The summed E-state index contributed by atoms with van der Waals surface area (Å²) in [6.07, 6.45) is 4.17. The summed E-state index contributed by atoms with van der Waals surface area (Å²) in [5.41, 5.74) is 9.93. The number of carbonyl (C=O) groups is 1. The number of furan rings is 1. The Morgan fingerprint density at radius 1 is 1.24 bits per heavy atom. The molecule has 0 amide bonds. The number of halogens is 1. The molecule has 0 bridgehead atoms. The highest BCUT2D eigenvalue weighted by Crippen LogP contribution is 2.41. The van der Waals surface area contributed by atoms with Gasteiger partial charge in [0.05, 0.1) is 23.2 Å². The lowest BCUT2D eigenvalue weighted by atomic mass is 9.90. The first-order valence-electron chi connectivity index (χ1n) is 8.31. The van der Waals surface area contributed by atoms with Gasteiger partial charge in [0.15, 0.2) is 5.76 Å². The van der Waals surface area contributed by atoms with Gasteiger partial charge in [0.25, 0.3) is 0 Å². The number of hydrogen-bond acceptors (Lipinski definition) is 4. The van der Waals surface area contributed by atoms with E-state index >= 15 is 0 Å². The van der Waals surface area contributed by atoms with Gasteiger partial charge in [-0.25, -0.2) is 0 Å². The molecular formula is C20H18ClNO3. The summed E-state index contributed by atoms with van der Waals surface area (Å²) in [6.45, 7) is 0. The number of nitrogens with two attached hydrogens (primary N) is 1. The standard InChI is InChI=1S/C20H18ClNO3/c1-24-13-7-4-6-12(9-13)19(23)20-18(22)16-15(25-20)10-11-5-2-3-8-14(11)17(16)21/h4,6-7,9-10H,2-3,5,8,22H2,1H3. The number of carbonyl (C=O) groups excluding carboxylic acids is 1. The molecule has 1 heterocycles. The Balaban J connectivity index is 1.86. The van der Waals surface area contributed by atoms with E-state index in [1.807, 2.05) is 6.07 Å². The maximum atomic E-state index is 12.9. The van der Waals surface area contributed by atoms with E-state index in [0.29, 0.717) is 33.0 Å². The van der Waals surface area contributed by atoms with Crippen LogP contribution in [0.3, 0.4) is 0 Å². The highest BCUT2D eigenvalue weighted by molar-refractivity contribution is 6.38. The van der Waals surface area contributed by atoms with Crippen molar-refractivity contribution in [2.75, 3.05) is 12.8 Å². The minimum absolute atomic E-state index is 0.132. The van der Waals surface area contributed by atoms with Gasteiger partial charge in [-0.3, -0.25) is 4.79 Å². The van der Waals surface area contributed by atoms with Crippen LogP contribution in [0.25, 0.3) is 11.0 Å². The topological polar surface area (TPSA) is 65.5 Å². The fourth-order valence-electron chi connectivity index (χ4n) is 3.50. The molecule has 2 N–H and O–H groups in total. The number of benzene rings is 2. The van der Waals surface area contributed by atoms with E-state index in [1.165, 1.54) is 5.56 Å². The van der Waals surface area contributed by atoms with Gasteiger partial charge >= 0.3 is 0 Å². The molecule has 3 aromatic rings. The molecule has 4 rings (SSSR count). The van der Waals surface area contributed by atoms with Crippen LogP contribution in [0.2, 0.25) is 5.02 Å². The SMILES string of the molecule is COc1cccc(C(=O)c2oc3cc4c(c(Cl)c3c2N)CCCC4)c1. The Morgan fingerprint density at radius 2 is 2.04 bits per heavy atom.